The number of benzene rings is 2. The third kappa shape index (κ3) is 1.77. The van der Waals surface area contributed by atoms with E-state index in [1.165, 1.54) is 10.8 Å². The SMILES string of the molecule is Cl/C=c1/ccc2c/c(=C\Cl)ccc2c1. The van der Waals surface area contributed by atoms with E-state index in [0.29, 0.717) is 0 Å². The van der Waals surface area contributed by atoms with Crippen molar-refractivity contribution in [1.29, 1.82) is 0 Å². The van der Waals surface area contributed by atoms with Crippen molar-refractivity contribution in [1.82, 2.24) is 0 Å². The van der Waals surface area contributed by atoms with Crippen LogP contribution < -0.4 is 10.4 Å². The second-order valence-electron chi connectivity index (χ2n) is 3.08. The molecule has 14 heavy (non-hydrogen) atoms. The van der Waals surface area contributed by atoms with Gasteiger partial charge in [-0.1, -0.05) is 47.5 Å². The van der Waals surface area contributed by atoms with Crippen LogP contribution in [0.15, 0.2) is 36.4 Å². The van der Waals surface area contributed by atoms with Gasteiger partial charge in [-0.2, -0.15) is 0 Å². The standard InChI is InChI=1S/C12H8Cl2/c13-7-9-1-3-11-6-10(8-14)2-4-12(11)5-9/h1-8H/b9-7-,10-8-. The Bertz CT molecular complexity index is 517. The lowest BCUT2D eigenvalue weighted by Gasteiger charge is -1.96. The predicted octanol–water partition coefficient (Wildman–Crippen LogP) is 2.79. The number of hydrogen-bond acceptors (Lipinski definition) is 0. The van der Waals surface area contributed by atoms with Gasteiger partial charge in [0.05, 0.1) is 0 Å². The Hall–Kier alpha value is -0.980. The molecular formula is C12H8Cl2. The summed E-state index contributed by atoms with van der Waals surface area (Å²) in [4.78, 5) is 0. The topological polar surface area (TPSA) is 0 Å². The van der Waals surface area contributed by atoms with E-state index in [0.717, 1.165) is 10.4 Å². The molecule has 0 N–H and O–H groups in total. The van der Waals surface area contributed by atoms with Gasteiger partial charge in [0.1, 0.15) is 0 Å². The zero-order chi connectivity index (χ0) is 9.97. The van der Waals surface area contributed by atoms with Crippen LogP contribution in [0.2, 0.25) is 0 Å². The molecule has 0 saturated heterocycles. The van der Waals surface area contributed by atoms with Crippen LogP contribution in [0.1, 0.15) is 0 Å². The number of halogens is 2. The van der Waals surface area contributed by atoms with E-state index in [2.05, 4.69) is 0 Å². The monoisotopic (exact) mass is 222 g/mol. The van der Waals surface area contributed by atoms with Crippen molar-refractivity contribution in [2.45, 2.75) is 0 Å². The van der Waals surface area contributed by atoms with Crippen LogP contribution in [-0.4, -0.2) is 0 Å². The quantitative estimate of drug-likeness (QED) is 0.644. The highest BCUT2D eigenvalue weighted by Crippen LogP contribution is 2.07. The summed E-state index contributed by atoms with van der Waals surface area (Å²) in [6.45, 7) is 0. The van der Waals surface area contributed by atoms with Crippen LogP contribution in [0, 0.1) is 0 Å². The lowest BCUT2D eigenvalue weighted by molar-refractivity contribution is 1.64. The number of rotatable bonds is 0. The molecule has 0 amide bonds. The summed E-state index contributed by atoms with van der Waals surface area (Å²) >= 11 is 11.3. The molecule has 2 aromatic carbocycles. The maximum Gasteiger partial charge on any atom is 0.0115 e. The average molecular weight is 223 g/mol. The molecule has 2 rings (SSSR count). The third-order valence-electron chi connectivity index (χ3n) is 2.14. The molecule has 0 aliphatic heterocycles. The molecule has 0 unspecified atom stereocenters. The number of fused-ring (bicyclic) bond motifs is 1. The molecule has 0 nitrogen and oxygen atoms in total. The summed E-state index contributed by atoms with van der Waals surface area (Å²) in [5, 5.41) is 4.37. The average Bonchev–Trinajstić information content (AvgIpc) is 2.27. The molecule has 0 atom stereocenters. The van der Waals surface area contributed by atoms with E-state index < -0.39 is 0 Å². The minimum Gasteiger partial charge on any atom is -0.0923 e. The van der Waals surface area contributed by atoms with Gasteiger partial charge in [0.2, 0.25) is 0 Å². The van der Waals surface area contributed by atoms with E-state index in [9.17, 15) is 0 Å². The van der Waals surface area contributed by atoms with Crippen LogP contribution >= 0.6 is 23.2 Å². The van der Waals surface area contributed by atoms with Gasteiger partial charge in [-0.25, -0.2) is 0 Å². The Morgan fingerprint density at radius 1 is 0.714 bits per heavy atom. The molecule has 0 radical (unpaired) electrons. The molecule has 0 spiro atoms. The molecule has 0 bridgehead atoms. The molecule has 0 aliphatic carbocycles. The van der Waals surface area contributed by atoms with Crippen molar-refractivity contribution in [3.05, 3.63) is 46.8 Å². The first kappa shape index (κ1) is 9.57. The van der Waals surface area contributed by atoms with Crippen molar-refractivity contribution in [3.8, 4) is 0 Å². The Kier molecular flexibility index (Phi) is 2.76. The first-order chi connectivity index (χ1) is 6.83. The summed E-state index contributed by atoms with van der Waals surface area (Å²) < 4.78 is 0. The smallest absolute Gasteiger partial charge is 0.0115 e. The molecule has 0 heterocycles. The zero-order valence-electron chi connectivity index (χ0n) is 7.37. The second-order valence-corrected chi connectivity index (χ2v) is 3.52. The van der Waals surface area contributed by atoms with E-state index >= 15 is 0 Å². The van der Waals surface area contributed by atoms with Crippen LogP contribution in [0.4, 0.5) is 0 Å². The van der Waals surface area contributed by atoms with Crippen LogP contribution in [-0.2, 0) is 0 Å². The summed E-state index contributed by atoms with van der Waals surface area (Å²) in [6, 6.07) is 12.1. The van der Waals surface area contributed by atoms with E-state index in [1.54, 1.807) is 11.1 Å². The van der Waals surface area contributed by atoms with Gasteiger partial charge in [-0.05, 0) is 33.3 Å². The van der Waals surface area contributed by atoms with Crippen molar-refractivity contribution in [2.24, 2.45) is 0 Å². The fourth-order valence-corrected chi connectivity index (χ4v) is 1.69. The van der Waals surface area contributed by atoms with Gasteiger partial charge in [-0.3, -0.25) is 0 Å². The Labute approximate surface area is 92.1 Å². The first-order valence-corrected chi connectivity index (χ1v) is 5.11. The lowest BCUT2D eigenvalue weighted by atomic mass is 10.1. The Morgan fingerprint density at radius 2 is 1.14 bits per heavy atom. The molecule has 0 saturated carbocycles. The van der Waals surface area contributed by atoms with Crippen LogP contribution in [0.3, 0.4) is 0 Å². The normalized spacial score (nSPS) is 13.9. The third-order valence-corrected chi connectivity index (χ3v) is 2.64. The maximum absolute atomic E-state index is 5.63. The van der Waals surface area contributed by atoms with Crippen LogP contribution in [0.25, 0.3) is 21.8 Å². The van der Waals surface area contributed by atoms with Crippen LogP contribution in [0.5, 0.6) is 0 Å². The Balaban J connectivity index is 2.82. The summed E-state index contributed by atoms with van der Waals surface area (Å²) in [5.41, 5.74) is 3.14. The van der Waals surface area contributed by atoms with Gasteiger partial charge < -0.3 is 0 Å². The second kappa shape index (κ2) is 4.04. The summed E-state index contributed by atoms with van der Waals surface area (Å²) in [7, 11) is 0. The van der Waals surface area contributed by atoms with Crippen molar-refractivity contribution in [2.75, 3.05) is 0 Å². The van der Waals surface area contributed by atoms with Gasteiger partial charge in [0.15, 0.2) is 0 Å². The number of hydrogen-bond donors (Lipinski definition) is 0. The largest absolute Gasteiger partial charge is 0.0923 e. The van der Waals surface area contributed by atoms with E-state index in [4.69, 9.17) is 23.2 Å². The van der Waals surface area contributed by atoms with Gasteiger partial charge in [0.25, 0.3) is 0 Å². The molecule has 70 valence electrons. The molecule has 0 fully saturated rings. The minimum atomic E-state index is 1.02. The summed E-state index contributed by atoms with van der Waals surface area (Å²) in [5.74, 6) is 0. The fourth-order valence-electron chi connectivity index (χ4n) is 1.42. The van der Waals surface area contributed by atoms with Gasteiger partial charge in [0, 0.05) is 11.1 Å². The van der Waals surface area contributed by atoms with Crippen molar-refractivity contribution >= 4 is 45.0 Å². The van der Waals surface area contributed by atoms with E-state index in [1.807, 2.05) is 36.4 Å². The van der Waals surface area contributed by atoms with E-state index in [-0.39, 0.29) is 0 Å². The lowest BCUT2D eigenvalue weighted by Crippen LogP contribution is -2.00. The van der Waals surface area contributed by atoms with Crippen molar-refractivity contribution < 1.29 is 0 Å². The predicted molar refractivity (Wildman–Crippen MR) is 63.8 cm³/mol. The highest BCUT2D eigenvalue weighted by Gasteiger charge is 1.90. The maximum atomic E-state index is 5.63. The molecule has 2 heteroatoms. The summed E-state index contributed by atoms with van der Waals surface area (Å²) in [6.07, 6.45) is 0. The van der Waals surface area contributed by atoms with Gasteiger partial charge in [-0.15, -0.1) is 0 Å². The molecular weight excluding hydrogens is 215 g/mol. The highest BCUT2D eigenvalue weighted by atomic mass is 35.5. The van der Waals surface area contributed by atoms with Crippen molar-refractivity contribution in [3.63, 3.8) is 0 Å². The zero-order valence-corrected chi connectivity index (χ0v) is 8.89. The fraction of sp³-hybridized carbons (Fsp3) is 0. The minimum absolute atomic E-state index is 1.02. The molecule has 0 aromatic heterocycles. The Morgan fingerprint density at radius 3 is 1.50 bits per heavy atom. The van der Waals surface area contributed by atoms with Gasteiger partial charge >= 0.3 is 0 Å². The molecule has 2 aromatic rings. The highest BCUT2D eigenvalue weighted by molar-refractivity contribution is 6.39. The molecule has 0 aliphatic rings. The first-order valence-electron chi connectivity index (χ1n) is 4.24.